The van der Waals surface area contributed by atoms with Crippen molar-refractivity contribution in [1.82, 2.24) is 15.2 Å². The van der Waals surface area contributed by atoms with E-state index in [0.29, 0.717) is 38.0 Å². The van der Waals surface area contributed by atoms with Crippen LogP contribution >= 0.6 is 0 Å². The number of benzene rings is 1. The number of piperidine rings is 1. The van der Waals surface area contributed by atoms with Gasteiger partial charge in [-0.05, 0) is 62.1 Å². The molecular formula is C23H30N4O3. The quantitative estimate of drug-likeness (QED) is 0.654. The standard InChI is InChI=1S/C23H30N4O3/c1-17-4-9-21(26-16-17)24-12-3-13-25-22(28)18-10-14-27(15-11-18)23(29)19-5-7-20(30-2)8-6-19/h4-9,16,18H,3,10-15H2,1-2H3,(H,24,26)(H,25,28). The van der Waals surface area contributed by atoms with Crippen LogP contribution in [-0.4, -0.2) is 55.0 Å². The first-order valence-electron chi connectivity index (χ1n) is 10.4. The van der Waals surface area contributed by atoms with Gasteiger partial charge in [0, 0.05) is 43.9 Å². The van der Waals surface area contributed by atoms with Gasteiger partial charge in [0.15, 0.2) is 0 Å². The number of amides is 2. The maximum Gasteiger partial charge on any atom is 0.253 e. The third kappa shape index (κ3) is 5.95. The summed E-state index contributed by atoms with van der Waals surface area (Å²) in [5.74, 6) is 1.64. The molecule has 7 heteroatoms. The van der Waals surface area contributed by atoms with Crippen LogP contribution in [0.2, 0.25) is 0 Å². The van der Waals surface area contributed by atoms with Crippen molar-refractivity contribution in [3.8, 4) is 5.75 Å². The molecule has 1 aliphatic rings. The summed E-state index contributed by atoms with van der Waals surface area (Å²) in [6.45, 7) is 4.59. The van der Waals surface area contributed by atoms with Crippen molar-refractivity contribution in [3.63, 3.8) is 0 Å². The Morgan fingerprint density at radius 2 is 1.83 bits per heavy atom. The number of carbonyl (C=O) groups excluding carboxylic acids is 2. The van der Waals surface area contributed by atoms with Gasteiger partial charge in [-0.2, -0.15) is 0 Å². The molecule has 1 aliphatic heterocycles. The van der Waals surface area contributed by atoms with E-state index in [0.717, 1.165) is 30.1 Å². The summed E-state index contributed by atoms with van der Waals surface area (Å²) in [5, 5.41) is 6.27. The minimum atomic E-state index is -0.0309. The van der Waals surface area contributed by atoms with Crippen LogP contribution in [0.1, 0.15) is 35.2 Å². The fourth-order valence-electron chi connectivity index (χ4n) is 3.49. The SMILES string of the molecule is COc1ccc(C(=O)N2CCC(C(=O)NCCCNc3ccc(C)cn3)CC2)cc1. The highest BCUT2D eigenvalue weighted by Gasteiger charge is 2.27. The molecule has 160 valence electrons. The number of nitrogens with one attached hydrogen (secondary N) is 2. The van der Waals surface area contributed by atoms with E-state index in [9.17, 15) is 9.59 Å². The Morgan fingerprint density at radius 3 is 2.47 bits per heavy atom. The summed E-state index contributed by atoms with van der Waals surface area (Å²) in [5.41, 5.74) is 1.78. The molecule has 0 bridgehead atoms. The normalized spacial score (nSPS) is 14.3. The van der Waals surface area contributed by atoms with Crippen LogP contribution in [0.15, 0.2) is 42.6 Å². The van der Waals surface area contributed by atoms with Crippen molar-refractivity contribution in [1.29, 1.82) is 0 Å². The van der Waals surface area contributed by atoms with Gasteiger partial charge in [-0.3, -0.25) is 9.59 Å². The minimum Gasteiger partial charge on any atom is -0.497 e. The number of aromatic nitrogens is 1. The fourth-order valence-corrected chi connectivity index (χ4v) is 3.49. The second-order valence-electron chi connectivity index (χ2n) is 7.59. The Bertz CT molecular complexity index is 829. The van der Waals surface area contributed by atoms with Crippen molar-refractivity contribution in [3.05, 3.63) is 53.7 Å². The average molecular weight is 411 g/mol. The number of carbonyl (C=O) groups is 2. The molecule has 0 atom stereocenters. The van der Waals surface area contributed by atoms with Gasteiger partial charge in [-0.25, -0.2) is 4.98 Å². The van der Waals surface area contributed by atoms with Gasteiger partial charge in [-0.15, -0.1) is 0 Å². The summed E-state index contributed by atoms with van der Waals surface area (Å²) in [7, 11) is 1.60. The van der Waals surface area contributed by atoms with Crippen molar-refractivity contribution >= 4 is 17.6 Å². The number of nitrogens with zero attached hydrogens (tertiary/aromatic N) is 2. The number of hydrogen-bond donors (Lipinski definition) is 2. The van der Waals surface area contributed by atoms with Crippen LogP contribution < -0.4 is 15.4 Å². The zero-order valence-electron chi connectivity index (χ0n) is 17.7. The molecule has 0 saturated carbocycles. The van der Waals surface area contributed by atoms with Gasteiger partial charge in [-0.1, -0.05) is 6.07 Å². The van der Waals surface area contributed by atoms with Gasteiger partial charge < -0.3 is 20.3 Å². The van der Waals surface area contributed by atoms with Crippen LogP contribution in [0.3, 0.4) is 0 Å². The molecule has 2 heterocycles. The van der Waals surface area contributed by atoms with Crippen molar-refractivity contribution in [2.45, 2.75) is 26.2 Å². The van der Waals surface area contributed by atoms with E-state index in [-0.39, 0.29) is 17.7 Å². The van der Waals surface area contributed by atoms with Gasteiger partial charge in [0.1, 0.15) is 11.6 Å². The molecule has 1 fully saturated rings. The number of hydrogen-bond acceptors (Lipinski definition) is 5. The lowest BCUT2D eigenvalue weighted by molar-refractivity contribution is -0.126. The second-order valence-corrected chi connectivity index (χ2v) is 7.59. The van der Waals surface area contributed by atoms with E-state index in [1.807, 2.05) is 30.2 Å². The molecule has 1 aromatic heterocycles. The Labute approximate surface area is 177 Å². The number of pyridine rings is 1. The van der Waals surface area contributed by atoms with E-state index in [2.05, 4.69) is 15.6 Å². The zero-order chi connectivity index (χ0) is 21.3. The van der Waals surface area contributed by atoms with Crippen LogP contribution in [0.5, 0.6) is 5.75 Å². The molecular weight excluding hydrogens is 380 g/mol. The lowest BCUT2D eigenvalue weighted by atomic mass is 9.95. The molecule has 30 heavy (non-hydrogen) atoms. The van der Waals surface area contributed by atoms with E-state index in [1.54, 1.807) is 31.4 Å². The van der Waals surface area contributed by atoms with Crippen molar-refractivity contribution in [2.24, 2.45) is 5.92 Å². The molecule has 0 radical (unpaired) electrons. The number of likely N-dealkylation sites (tertiary alicyclic amines) is 1. The third-order valence-electron chi connectivity index (χ3n) is 5.36. The maximum absolute atomic E-state index is 12.6. The molecule has 0 spiro atoms. The smallest absolute Gasteiger partial charge is 0.253 e. The van der Waals surface area contributed by atoms with E-state index in [4.69, 9.17) is 4.74 Å². The molecule has 2 N–H and O–H groups in total. The summed E-state index contributed by atoms with van der Waals surface area (Å²) >= 11 is 0. The number of aryl methyl sites for hydroxylation is 1. The lowest BCUT2D eigenvalue weighted by Gasteiger charge is -2.31. The Kier molecular flexibility index (Phi) is 7.65. The number of methoxy groups -OCH3 is 1. The first-order valence-corrected chi connectivity index (χ1v) is 10.4. The number of rotatable bonds is 8. The van der Waals surface area contributed by atoms with Gasteiger partial charge in [0.25, 0.3) is 5.91 Å². The highest BCUT2D eigenvalue weighted by atomic mass is 16.5. The van der Waals surface area contributed by atoms with Gasteiger partial charge >= 0.3 is 0 Å². The first-order chi connectivity index (χ1) is 14.6. The van der Waals surface area contributed by atoms with Gasteiger partial charge in [0.05, 0.1) is 7.11 Å². The number of ether oxygens (including phenoxy) is 1. The Balaban J connectivity index is 1.34. The van der Waals surface area contributed by atoms with E-state index < -0.39 is 0 Å². The lowest BCUT2D eigenvalue weighted by Crippen LogP contribution is -2.43. The molecule has 1 aromatic carbocycles. The third-order valence-corrected chi connectivity index (χ3v) is 5.36. The maximum atomic E-state index is 12.6. The predicted molar refractivity (Wildman–Crippen MR) is 117 cm³/mol. The number of anilines is 1. The van der Waals surface area contributed by atoms with E-state index >= 15 is 0 Å². The topological polar surface area (TPSA) is 83.6 Å². The monoisotopic (exact) mass is 410 g/mol. The van der Waals surface area contributed by atoms with Crippen molar-refractivity contribution < 1.29 is 14.3 Å². The van der Waals surface area contributed by atoms with Crippen LogP contribution in [-0.2, 0) is 4.79 Å². The first kappa shape index (κ1) is 21.6. The average Bonchev–Trinajstić information content (AvgIpc) is 2.79. The Hall–Kier alpha value is -3.09. The summed E-state index contributed by atoms with van der Waals surface area (Å²) < 4.78 is 5.13. The molecule has 2 aromatic rings. The molecule has 0 aliphatic carbocycles. The molecule has 0 unspecified atom stereocenters. The van der Waals surface area contributed by atoms with Crippen molar-refractivity contribution in [2.75, 3.05) is 38.6 Å². The molecule has 3 rings (SSSR count). The summed E-state index contributed by atoms with van der Waals surface area (Å²) in [6.07, 6.45) is 4.05. The molecule has 2 amide bonds. The summed E-state index contributed by atoms with van der Waals surface area (Å²) in [6, 6.07) is 11.1. The zero-order valence-corrected chi connectivity index (χ0v) is 17.7. The highest BCUT2D eigenvalue weighted by Crippen LogP contribution is 2.20. The largest absolute Gasteiger partial charge is 0.497 e. The van der Waals surface area contributed by atoms with Crippen LogP contribution in [0.4, 0.5) is 5.82 Å². The second kappa shape index (κ2) is 10.6. The van der Waals surface area contributed by atoms with Crippen LogP contribution in [0.25, 0.3) is 0 Å². The van der Waals surface area contributed by atoms with Crippen LogP contribution in [0, 0.1) is 12.8 Å². The summed E-state index contributed by atoms with van der Waals surface area (Å²) in [4.78, 5) is 31.2. The minimum absolute atomic E-state index is 0.00676. The van der Waals surface area contributed by atoms with Gasteiger partial charge in [0.2, 0.25) is 5.91 Å². The predicted octanol–water partition coefficient (Wildman–Crippen LogP) is 2.87. The highest BCUT2D eigenvalue weighted by molar-refractivity contribution is 5.94. The van der Waals surface area contributed by atoms with E-state index in [1.165, 1.54) is 0 Å². The fraction of sp³-hybridized carbons (Fsp3) is 0.435. The Morgan fingerprint density at radius 1 is 1.10 bits per heavy atom. The molecule has 7 nitrogen and oxygen atoms in total. The molecule has 1 saturated heterocycles.